The lowest BCUT2D eigenvalue weighted by molar-refractivity contribution is 0.209. The van der Waals surface area contributed by atoms with Crippen LogP contribution in [0.2, 0.25) is 0 Å². The minimum Gasteiger partial charge on any atom is -0.323 e. The second kappa shape index (κ2) is 6.52. The Bertz CT molecular complexity index is 432. The lowest BCUT2D eigenvalue weighted by atomic mass is 10.2. The number of carbonyl (C=O) groups excluding carboxylic acids is 1. The Morgan fingerprint density at radius 2 is 2.32 bits per heavy atom. The monoisotopic (exact) mass is 265 g/mol. The van der Waals surface area contributed by atoms with Crippen molar-refractivity contribution in [1.82, 2.24) is 10.2 Å². The zero-order valence-corrected chi connectivity index (χ0v) is 11.2. The molecule has 1 unspecified atom stereocenters. The predicted octanol–water partition coefficient (Wildman–Crippen LogP) is 2.43. The smallest absolute Gasteiger partial charge is 0.321 e. The summed E-state index contributed by atoms with van der Waals surface area (Å²) in [7, 11) is 0. The molecule has 0 aromatic heterocycles. The largest absolute Gasteiger partial charge is 0.323 e. The highest BCUT2D eigenvalue weighted by molar-refractivity contribution is 5.89. The third-order valence-electron chi connectivity index (χ3n) is 3.39. The molecule has 0 aliphatic carbocycles. The molecule has 1 saturated heterocycles. The number of rotatable bonds is 4. The van der Waals surface area contributed by atoms with Gasteiger partial charge in [0, 0.05) is 19.1 Å². The highest BCUT2D eigenvalue weighted by Gasteiger charge is 2.20. The van der Waals surface area contributed by atoms with E-state index in [1.807, 2.05) is 6.92 Å². The average Bonchev–Trinajstić information content (AvgIpc) is 2.91. The van der Waals surface area contributed by atoms with Gasteiger partial charge in [-0.05, 0) is 38.4 Å². The van der Waals surface area contributed by atoms with E-state index in [2.05, 4.69) is 10.6 Å². The van der Waals surface area contributed by atoms with Crippen LogP contribution in [0.5, 0.6) is 0 Å². The first-order chi connectivity index (χ1) is 9.20. The van der Waals surface area contributed by atoms with E-state index in [4.69, 9.17) is 0 Å². The second-order valence-corrected chi connectivity index (χ2v) is 4.74. The fourth-order valence-corrected chi connectivity index (χ4v) is 2.29. The number of halogens is 1. The summed E-state index contributed by atoms with van der Waals surface area (Å²) in [5.41, 5.74) is 0.227. The van der Waals surface area contributed by atoms with Gasteiger partial charge in [0.15, 0.2) is 0 Å². The zero-order chi connectivity index (χ0) is 13.7. The highest BCUT2D eigenvalue weighted by Crippen LogP contribution is 2.14. The first kappa shape index (κ1) is 13.8. The number of carbonyl (C=O) groups is 1. The van der Waals surface area contributed by atoms with E-state index in [1.165, 1.54) is 6.07 Å². The van der Waals surface area contributed by atoms with Crippen LogP contribution in [0, 0.1) is 5.82 Å². The number of hydrogen-bond acceptors (Lipinski definition) is 2. The molecule has 19 heavy (non-hydrogen) atoms. The Hall–Kier alpha value is -1.62. The number of nitrogens with zero attached hydrogens (tertiary/aromatic N) is 1. The molecule has 1 heterocycles. The van der Waals surface area contributed by atoms with Gasteiger partial charge in [-0.1, -0.05) is 12.1 Å². The molecule has 0 bridgehead atoms. The van der Waals surface area contributed by atoms with Gasteiger partial charge in [0.2, 0.25) is 0 Å². The van der Waals surface area contributed by atoms with Crippen LogP contribution in [-0.4, -0.2) is 36.6 Å². The van der Waals surface area contributed by atoms with Crippen LogP contribution in [0.25, 0.3) is 0 Å². The molecule has 2 amide bonds. The van der Waals surface area contributed by atoms with E-state index in [0.717, 1.165) is 19.4 Å². The molecule has 0 saturated carbocycles. The minimum absolute atomic E-state index is 0.227. The van der Waals surface area contributed by atoms with E-state index >= 15 is 0 Å². The summed E-state index contributed by atoms with van der Waals surface area (Å²) < 4.78 is 13.5. The van der Waals surface area contributed by atoms with Gasteiger partial charge in [0.25, 0.3) is 0 Å². The van der Waals surface area contributed by atoms with Crippen molar-refractivity contribution in [2.45, 2.75) is 25.8 Å². The third kappa shape index (κ3) is 3.67. The number of nitrogens with one attached hydrogen (secondary N) is 2. The molecule has 1 aromatic rings. The molecule has 4 nitrogen and oxygen atoms in total. The SMILES string of the molecule is CCN(CC1CCCN1)C(=O)Nc1ccccc1F. The Labute approximate surface area is 113 Å². The molecule has 1 aliphatic rings. The average molecular weight is 265 g/mol. The number of amides is 2. The van der Waals surface area contributed by atoms with Gasteiger partial charge in [-0.15, -0.1) is 0 Å². The van der Waals surface area contributed by atoms with Crippen molar-refractivity contribution in [3.05, 3.63) is 30.1 Å². The van der Waals surface area contributed by atoms with Gasteiger partial charge in [-0.25, -0.2) is 9.18 Å². The van der Waals surface area contributed by atoms with E-state index in [-0.39, 0.29) is 11.7 Å². The Morgan fingerprint density at radius 1 is 1.53 bits per heavy atom. The van der Waals surface area contributed by atoms with Crippen LogP contribution in [0.1, 0.15) is 19.8 Å². The summed E-state index contributed by atoms with van der Waals surface area (Å²) in [5.74, 6) is -0.411. The minimum atomic E-state index is -0.411. The number of hydrogen-bond donors (Lipinski definition) is 2. The van der Waals surface area contributed by atoms with Crippen molar-refractivity contribution in [2.75, 3.05) is 25.0 Å². The van der Waals surface area contributed by atoms with E-state index in [1.54, 1.807) is 23.1 Å². The first-order valence-corrected chi connectivity index (χ1v) is 6.74. The van der Waals surface area contributed by atoms with Gasteiger partial charge in [-0.2, -0.15) is 0 Å². The van der Waals surface area contributed by atoms with E-state index < -0.39 is 5.82 Å². The van der Waals surface area contributed by atoms with Gasteiger partial charge >= 0.3 is 6.03 Å². The van der Waals surface area contributed by atoms with Gasteiger partial charge in [0.05, 0.1) is 5.69 Å². The normalized spacial score (nSPS) is 18.3. The van der Waals surface area contributed by atoms with Crippen LogP contribution >= 0.6 is 0 Å². The lowest BCUT2D eigenvalue weighted by Gasteiger charge is -2.24. The van der Waals surface area contributed by atoms with Crippen LogP contribution in [-0.2, 0) is 0 Å². The van der Waals surface area contributed by atoms with Crippen LogP contribution in [0.4, 0.5) is 14.9 Å². The van der Waals surface area contributed by atoms with E-state index in [9.17, 15) is 9.18 Å². The standard InChI is InChI=1S/C14H20FN3O/c1-2-18(10-11-6-5-9-16-11)14(19)17-13-8-4-3-7-12(13)15/h3-4,7-8,11,16H,2,5-6,9-10H2,1H3,(H,17,19). The fraction of sp³-hybridized carbons (Fsp3) is 0.500. The highest BCUT2D eigenvalue weighted by atomic mass is 19.1. The van der Waals surface area contributed by atoms with E-state index in [0.29, 0.717) is 19.1 Å². The molecule has 1 fully saturated rings. The molecule has 5 heteroatoms. The number of likely N-dealkylation sites (N-methyl/N-ethyl adjacent to an activating group) is 1. The molecule has 0 spiro atoms. The summed E-state index contributed by atoms with van der Waals surface area (Å²) in [6.07, 6.45) is 2.24. The van der Waals surface area contributed by atoms with Crippen molar-refractivity contribution in [1.29, 1.82) is 0 Å². The number of urea groups is 1. The van der Waals surface area contributed by atoms with Crippen LogP contribution in [0.3, 0.4) is 0 Å². The fourth-order valence-electron chi connectivity index (χ4n) is 2.29. The zero-order valence-electron chi connectivity index (χ0n) is 11.2. The molecule has 104 valence electrons. The quantitative estimate of drug-likeness (QED) is 0.878. The summed E-state index contributed by atoms with van der Waals surface area (Å²) in [6.45, 7) is 4.21. The molecular weight excluding hydrogens is 245 g/mol. The number of benzene rings is 1. The van der Waals surface area contributed by atoms with Crippen molar-refractivity contribution in [3.63, 3.8) is 0 Å². The molecule has 2 rings (SSSR count). The third-order valence-corrected chi connectivity index (χ3v) is 3.39. The maximum absolute atomic E-state index is 13.5. The maximum atomic E-state index is 13.5. The van der Waals surface area contributed by atoms with Crippen molar-refractivity contribution in [3.8, 4) is 0 Å². The second-order valence-electron chi connectivity index (χ2n) is 4.74. The van der Waals surface area contributed by atoms with Crippen LogP contribution < -0.4 is 10.6 Å². The van der Waals surface area contributed by atoms with Gasteiger partial charge in [0.1, 0.15) is 5.82 Å². The number of para-hydroxylation sites is 1. The Kier molecular flexibility index (Phi) is 4.74. The molecule has 1 aromatic carbocycles. The first-order valence-electron chi connectivity index (χ1n) is 6.74. The summed E-state index contributed by atoms with van der Waals surface area (Å²) in [4.78, 5) is 13.8. The van der Waals surface area contributed by atoms with Crippen LogP contribution in [0.15, 0.2) is 24.3 Å². The summed E-state index contributed by atoms with van der Waals surface area (Å²) in [5, 5.41) is 5.98. The molecule has 0 radical (unpaired) electrons. The molecular formula is C14H20FN3O. The Balaban J connectivity index is 1.94. The van der Waals surface area contributed by atoms with Crippen molar-refractivity contribution >= 4 is 11.7 Å². The molecule has 2 N–H and O–H groups in total. The van der Waals surface area contributed by atoms with Gasteiger partial charge in [-0.3, -0.25) is 0 Å². The predicted molar refractivity (Wildman–Crippen MR) is 73.7 cm³/mol. The summed E-state index contributed by atoms with van der Waals surface area (Å²) >= 11 is 0. The topological polar surface area (TPSA) is 44.4 Å². The Morgan fingerprint density at radius 3 is 2.95 bits per heavy atom. The summed E-state index contributed by atoms with van der Waals surface area (Å²) in [6, 6.07) is 6.31. The molecule has 1 aliphatic heterocycles. The number of anilines is 1. The maximum Gasteiger partial charge on any atom is 0.321 e. The van der Waals surface area contributed by atoms with Crippen molar-refractivity contribution < 1.29 is 9.18 Å². The van der Waals surface area contributed by atoms with Gasteiger partial charge < -0.3 is 15.5 Å². The lowest BCUT2D eigenvalue weighted by Crippen LogP contribution is -2.43. The van der Waals surface area contributed by atoms with Crippen molar-refractivity contribution in [2.24, 2.45) is 0 Å². The molecule has 1 atom stereocenters.